The Bertz CT molecular complexity index is 736. The third-order valence-corrected chi connectivity index (χ3v) is 3.66. The monoisotopic (exact) mass is 378 g/mol. The largest absolute Gasteiger partial charge is 0.311 e. The van der Waals surface area contributed by atoms with Gasteiger partial charge in [0.15, 0.2) is 0 Å². The molecule has 0 bridgehead atoms. The van der Waals surface area contributed by atoms with Gasteiger partial charge in [0.2, 0.25) is 0 Å². The molecule has 0 fully saturated rings. The smallest absolute Gasteiger partial charge is 0.0758 e. The second-order valence-electron chi connectivity index (χ2n) is 4.53. The predicted octanol–water partition coefficient (Wildman–Crippen LogP) is 3.13. The van der Waals surface area contributed by atoms with Gasteiger partial charge in [-0.1, -0.05) is 25.1 Å². The Balaban J connectivity index is 2.17. The molecule has 0 aliphatic heterocycles. The van der Waals surface area contributed by atoms with Gasteiger partial charge in [-0.15, -0.1) is 0 Å². The molecule has 3 rings (SSSR count). The fourth-order valence-corrected chi connectivity index (χ4v) is 2.56. The zero-order valence-electron chi connectivity index (χ0n) is 11.2. The van der Waals surface area contributed by atoms with Crippen LogP contribution in [0.1, 0.15) is 12.6 Å². The number of nitrogens with zero attached hydrogens (tertiary/aromatic N) is 3. The Hall–Kier alpha value is -1.47. The van der Waals surface area contributed by atoms with Crippen LogP contribution < -0.4 is 5.32 Å². The number of aromatic nitrogens is 3. The average Bonchev–Trinajstić information content (AvgIpc) is 2.90. The van der Waals surface area contributed by atoms with Crippen LogP contribution in [0.5, 0.6) is 0 Å². The number of rotatable bonds is 4. The normalized spacial score (nSPS) is 11.1. The maximum atomic E-state index is 4.70. The van der Waals surface area contributed by atoms with Crippen molar-refractivity contribution < 1.29 is 0 Å². The fraction of sp³-hybridized carbons (Fsp3) is 0.200. The first-order valence-electron chi connectivity index (χ1n) is 6.58. The maximum Gasteiger partial charge on any atom is 0.0758 e. The maximum absolute atomic E-state index is 4.70. The Labute approximate surface area is 131 Å². The van der Waals surface area contributed by atoms with E-state index in [1.807, 2.05) is 35.3 Å². The number of fused-ring (bicyclic) bond motifs is 1. The lowest BCUT2D eigenvalue weighted by Crippen LogP contribution is -2.13. The molecule has 0 amide bonds. The van der Waals surface area contributed by atoms with Crippen molar-refractivity contribution in [2.75, 3.05) is 6.54 Å². The number of para-hydroxylation sites is 1. The molecule has 20 heavy (non-hydrogen) atoms. The predicted molar refractivity (Wildman–Crippen MR) is 89.0 cm³/mol. The lowest BCUT2D eigenvalue weighted by molar-refractivity contribution is 0.711. The van der Waals surface area contributed by atoms with Gasteiger partial charge in [0.05, 0.1) is 26.7 Å². The van der Waals surface area contributed by atoms with Gasteiger partial charge in [-0.3, -0.25) is 4.98 Å². The molecule has 0 saturated carbocycles. The van der Waals surface area contributed by atoms with Crippen LogP contribution in [0.2, 0.25) is 0 Å². The van der Waals surface area contributed by atoms with Gasteiger partial charge in [-0.25, -0.2) is 4.68 Å². The molecule has 0 saturated heterocycles. The summed E-state index contributed by atoms with van der Waals surface area (Å²) in [6, 6.07) is 10.3. The van der Waals surface area contributed by atoms with Crippen molar-refractivity contribution in [1.29, 1.82) is 0 Å². The van der Waals surface area contributed by atoms with Gasteiger partial charge in [-0.2, -0.15) is 5.10 Å². The summed E-state index contributed by atoms with van der Waals surface area (Å²) in [5, 5.41) is 8.86. The van der Waals surface area contributed by atoms with Gasteiger partial charge in [0, 0.05) is 18.1 Å². The van der Waals surface area contributed by atoms with Crippen molar-refractivity contribution in [3.05, 3.63) is 52.0 Å². The summed E-state index contributed by atoms with van der Waals surface area (Å²) in [5.41, 5.74) is 3.11. The van der Waals surface area contributed by atoms with Gasteiger partial charge in [0.1, 0.15) is 0 Å². The third kappa shape index (κ3) is 2.69. The van der Waals surface area contributed by atoms with Crippen molar-refractivity contribution in [3.8, 4) is 5.69 Å². The van der Waals surface area contributed by atoms with Crippen LogP contribution in [0.4, 0.5) is 0 Å². The van der Waals surface area contributed by atoms with E-state index in [0.29, 0.717) is 0 Å². The quantitative estimate of drug-likeness (QED) is 0.710. The number of benzene rings is 1. The van der Waals surface area contributed by atoms with Crippen molar-refractivity contribution in [2.24, 2.45) is 0 Å². The van der Waals surface area contributed by atoms with E-state index in [4.69, 9.17) is 4.98 Å². The zero-order valence-corrected chi connectivity index (χ0v) is 13.3. The van der Waals surface area contributed by atoms with Crippen molar-refractivity contribution in [1.82, 2.24) is 20.1 Å². The van der Waals surface area contributed by atoms with E-state index in [2.05, 4.69) is 52.1 Å². The standard InChI is InChI=1S/C15H15IN4/c1-2-17-9-12-7-15(20-10-11(16)8-18-20)13-5-3-4-6-14(13)19-12/h3-8,10,17H,2,9H2,1H3. The topological polar surface area (TPSA) is 42.7 Å². The number of pyridine rings is 1. The highest BCUT2D eigenvalue weighted by atomic mass is 127. The van der Waals surface area contributed by atoms with Crippen LogP contribution in [-0.4, -0.2) is 21.3 Å². The first-order valence-corrected chi connectivity index (χ1v) is 7.65. The minimum absolute atomic E-state index is 0.771. The number of hydrogen-bond donors (Lipinski definition) is 1. The number of hydrogen-bond acceptors (Lipinski definition) is 3. The molecule has 1 aromatic carbocycles. The van der Waals surface area contributed by atoms with Crippen LogP contribution in [0.3, 0.4) is 0 Å². The van der Waals surface area contributed by atoms with E-state index in [1.165, 1.54) is 0 Å². The molecule has 2 heterocycles. The molecule has 4 nitrogen and oxygen atoms in total. The number of halogens is 1. The Morgan fingerprint density at radius 1 is 1.30 bits per heavy atom. The highest BCUT2D eigenvalue weighted by Crippen LogP contribution is 2.22. The molecule has 0 radical (unpaired) electrons. The highest BCUT2D eigenvalue weighted by Gasteiger charge is 2.08. The molecule has 3 aromatic rings. The summed E-state index contributed by atoms with van der Waals surface area (Å²) in [6.45, 7) is 3.80. The number of nitrogens with one attached hydrogen (secondary N) is 1. The minimum Gasteiger partial charge on any atom is -0.311 e. The van der Waals surface area contributed by atoms with Crippen LogP contribution in [-0.2, 0) is 6.54 Å². The van der Waals surface area contributed by atoms with Crippen LogP contribution in [0, 0.1) is 3.57 Å². The molecular weight excluding hydrogens is 363 g/mol. The van der Waals surface area contributed by atoms with E-state index < -0.39 is 0 Å². The minimum atomic E-state index is 0.771. The third-order valence-electron chi connectivity index (χ3n) is 3.10. The van der Waals surface area contributed by atoms with Crippen molar-refractivity contribution >= 4 is 33.5 Å². The Kier molecular flexibility index (Phi) is 3.98. The first-order chi connectivity index (χ1) is 9.78. The molecular formula is C15H15IN4. The molecule has 1 N–H and O–H groups in total. The van der Waals surface area contributed by atoms with Crippen LogP contribution >= 0.6 is 22.6 Å². The van der Waals surface area contributed by atoms with Gasteiger partial charge >= 0.3 is 0 Å². The highest BCUT2D eigenvalue weighted by molar-refractivity contribution is 14.1. The van der Waals surface area contributed by atoms with Gasteiger partial charge in [-0.05, 0) is 41.3 Å². The van der Waals surface area contributed by atoms with Gasteiger partial charge < -0.3 is 5.32 Å². The first kappa shape index (κ1) is 13.5. The summed E-state index contributed by atoms with van der Waals surface area (Å²) in [5.74, 6) is 0. The molecule has 0 spiro atoms. The van der Waals surface area contributed by atoms with Gasteiger partial charge in [0.25, 0.3) is 0 Å². The molecule has 102 valence electrons. The molecule has 2 aromatic heterocycles. The summed E-state index contributed by atoms with van der Waals surface area (Å²) in [4.78, 5) is 4.70. The van der Waals surface area contributed by atoms with Crippen molar-refractivity contribution in [2.45, 2.75) is 13.5 Å². The van der Waals surface area contributed by atoms with Crippen LogP contribution in [0.25, 0.3) is 16.6 Å². The molecule has 0 aliphatic carbocycles. The average molecular weight is 378 g/mol. The molecule has 5 heteroatoms. The van der Waals surface area contributed by atoms with E-state index in [9.17, 15) is 0 Å². The zero-order chi connectivity index (χ0) is 13.9. The Morgan fingerprint density at radius 2 is 2.15 bits per heavy atom. The second kappa shape index (κ2) is 5.88. The lowest BCUT2D eigenvalue weighted by atomic mass is 10.1. The van der Waals surface area contributed by atoms with Crippen molar-refractivity contribution in [3.63, 3.8) is 0 Å². The summed E-state index contributed by atoms with van der Waals surface area (Å²) >= 11 is 2.27. The Morgan fingerprint density at radius 3 is 2.90 bits per heavy atom. The molecule has 0 unspecified atom stereocenters. The summed E-state index contributed by atoms with van der Waals surface area (Å²) in [7, 11) is 0. The molecule has 0 aliphatic rings. The lowest BCUT2D eigenvalue weighted by Gasteiger charge is -2.10. The van der Waals surface area contributed by atoms with E-state index >= 15 is 0 Å². The summed E-state index contributed by atoms with van der Waals surface area (Å²) < 4.78 is 3.04. The van der Waals surface area contributed by atoms with Crippen LogP contribution in [0.15, 0.2) is 42.7 Å². The SMILES string of the molecule is CCNCc1cc(-n2cc(I)cn2)c2ccccc2n1. The summed E-state index contributed by atoms with van der Waals surface area (Å²) in [6.07, 6.45) is 3.89. The van der Waals surface area contributed by atoms with E-state index in [-0.39, 0.29) is 0 Å². The van der Waals surface area contributed by atoms with E-state index in [0.717, 1.165) is 38.9 Å². The molecule has 0 atom stereocenters. The van der Waals surface area contributed by atoms with E-state index in [1.54, 1.807) is 0 Å². The second-order valence-corrected chi connectivity index (χ2v) is 5.78. The fourth-order valence-electron chi connectivity index (χ4n) is 2.18.